The molecule has 0 saturated carbocycles. The van der Waals surface area contributed by atoms with Gasteiger partial charge in [-0.2, -0.15) is 0 Å². The highest BCUT2D eigenvalue weighted by Crippen LogP contribution is 2.06. The smallest absolute Gasteiger partial charge is 0.222 e. The molecule has 120 valence electrons. The van der Waals surface area contributed by atoms with Crippen LogP contribution in [0.15, 0.2) is 0 Å². The number of hydrogen-bond donors (Lipinski definition) is 1. The van der Waals surface area contributed by atoms with E-state index < -0.39 is 0 Å². The molecule has 0 aromatic heterocycles. The highest BCUT2D eigenvalue weighted by atomic mass is 16.2. The zero-order valence-corrected chi connectivity index (χ0v) is 14.4. The van der Waals surface area contributed by atoms with Crippen molar-refractivity contribution in [2.24, 2.45) is 0 Å². The maximum Gasteiger partial charge on any atom is 0.222 e. The minimum Gasteiger partial charge on any atom is -0.343 e. The second kappa shape index (κ2) is 11.1. The van der Waals surface area contributed by atoms with Crippen LogP contribution in [-0.2, 0) is 4.79 Å². The zero-order valence-electron chi connectivity index (χ0n) is 14.4. The van der Waals surface area contributed by atoms with Crippen molar-refractivity contribution < 1.29 is 4.79 Å². The summed E-state index contributed by atoms with van der Waals surface area (Å²) in [5.74, 6) is 0.341. The van der Waals surface area contributed by atoms with E-state index >= 15 is 0 Å². The summed E-state index contributed by atoms with van der Waals surface area (Å²) in [4.78, 5) is 14.1. The molecule has 0 saturated heterocycles. The van der Waals surface area contributed by atoms with Crippen LogP contribution in [0, 0.1) is 0 Å². The molecule has 3 nitrogen and oxygen atoms in total. The third-order valence-corrected chi connectivity index (χ3v) is 3.36. The summed E-state index contributed by atoms with van der Waals surface area (Å²) in [5, 5.41) is 3.51. The molecule has 1 amide bonds. The van der Waals surface area contributed by atoms with Crippen LogP contribution in [0.2, 0.25) is 0 Å². The molecule has 1 N–H and O–H groups in total. The van der Waals surface area contributed by atoms with Gasteiger partial charge in [0.1, 0.15) is 0 Å². The van der Waals surface area contributed by atoms with Crippen molar-refractivity contribution >= 4 is 5.91 Å². The highest BCUT2D eigenvalue weighted by Gasteiger charge is 2.11. The van der Waals surface area contributed by atoms with Gasteiger partial charge in [0, 0.05) is 25.0 Å². The first-order valence-electron chi connectivity index (χ1n) is 8.43. The summed E-state index contributed by atoms with van der Waals surface area (Å²) in [7, 11) is 0. The van der Waals surface area contributed by atoms with Gasteiger partial charge in [0.05, 0.1) is 0 Å². The Balaban J connectivity index is 3.81. The molecule has 0 radical (unpaired) electrons. The first kappa shape index (κ1) is 19.4. The van der Waals surface area contributed by atoms with E-state index in [1.54, 1.807) is 0 Å². The Kier molecular flexibility index (Phi) is 10.8. The van der Waals surface area contributed by atoms with Crippen molar-refractivity contribution in [2.45, 2.75) is 85.1 Å². The average molecular weight is 284 g/mol. The largest absolute Gasteiger partial charge is 0.343 e. The van der Waals surface area contributed by atoms with Crippen LogP contribution >= 0.6 is 0 Å². The lowest BCUT2D eigenvalue weighted by Crippen LogP contribution is -2.36. The third kappa shape index (κ3) is 11.3. The van der Waals surface area contributed by atoms with Gasteiger partial charge in [-0.3, -0.25) is 4.79 Å². The quantitative estimate of drug-likeness (QED) is 0.582. The van der Waals surface area contributed by atoms with Gasteiger partial charge in [0.25, 0.3) is 0 Å². The lowest BCUT2D eigenvalue weighted by molar-refractivity contribution is -0.131. The Labute approximate surface area is 126 Å². The van der Waals surface area contributed by atoms with Crippen LogP contribution < -0.4 is 5.32 Å². The van der Waals surface area contributed by atoms with E-state index in [-0.39, 0.29) is 5.54 Å². The van der Waals surface area contributed by atoms with Gasteiger partial charge in [-0.1, -0.05) is 26.7 Å². The summed E-state index contributed by atoms with van der Waals surface area (Å²) < 4.78 is 0. The summed E-state index contributed by atoms with van der Waals surface area (Å²) in [6.45, 7) is 13.8. The van der Waals surface area contributed by atoms with Gasteiger partial charge < -0.3 is 10.2 Å². The molecular weight excluding hydrogens is 248 g/mol. The fourth-order valence-corrected chi connectivity index (χ4v) is 2.15. The second-order valence-corrected chi connectivity index (χ2v) is 6.72. The Morgan fingerprint density at radius 1 is 0.950 bits per heavy atom. The summed E-state index contributed by atoms with van der Waals surface area (Å²) >= 11 is 0. The van der Waals surface area contributed by atoms with Crippen molar-refractivity contribution in [2.75, 3.05) is 19.6 Å². The molecule has 0 aromatic rings. The van der Waals surface area contributed by atoms with Gasteiger partial charge in [-0.15, -0.1) is 0 Å². The number of carbonyl (C=O) groups excluding carboxylic acids is 1. The minimum absolute atomic E-state index is 0.213. The zero-order chi connectivity index (χ0) is 15.4. The molecule has 0 aliphatic carbocycles. The number of rotatable bonds is 11. The van der Waals surface area contributed by atoms with E-state index in [9.17, 15) is 4.79 Å². The summed E-state index contributed by atoms with van der Waals surface area (Å²) in [6, 6.07) is 0. The third-order valence-electron chi connectivity index (χ3n) is 3.36. The number of hydrogen-bond acceptors (Lipinski definition) is 2. The molecule has 0 spiro atoms. The molecular formula is C17H36N2O. The molecule has 0 atom stereocenters. The Morgan fingerprint density at radius 2 is 1.60 bits per heavy atom. The number of nitrogens with one attached hydrogen (secondary N) is 1. The molecule has 0 aliphatic heterocycles. The van der Waals surface area contributed by atoms with E-state index in [4.69, 9.17) is 0 Å². The molecule has 0 aromatic carbocycles. The van der Waals surface area contributed by atoms with Gasteiger partial charge in [0.2, 0.25) is 5.91 Å². The number of carbonyl (C=O) groups is 1. The second-order valence-electron chi connectivity index (χ2n) is 6.72. The molecule has 0 unspecified atom stereocenters. The fourth-order valence-electron chi connectivity index (χ4n) is 2.15. The van der Waals surface area contributed by atoms with Crippen molar-refractivity contribution in [1.29, 1.82) is 0 Å². The first-order chi connectivity index (χ1) is 9.40. The van der Waals surface area contributed by atoms with E-state index in [0.717, 1.165) is 45.3 Å². The van der Waals surface area contributed by atoms with Gasteiger partial charge in [-0.05, 0) is 53.0 Å². The Morgan fingerprint density at radius 3 is 2.15 bits per heavy atom. The number of unbranched alkanes of at least 4 members (excludes halogenated alkanes) is 3. The first-order valence-corrected chi connectivity index (χ1v) is 8.43. The average Bonchev–Trinajstić information content (AvgIpc) is 2.36. The number of amides is 1. The van der Waals surface area contributed by atoms with Gasteiger partial charge in [0.15, 0.2) is 0 Å². The molecule has 0 bridgehead atoms. The van der Waals surface area contributed by atoms with Crippen LogP contribution in [-0.4, -0.2) is 36.0 Å². The van der Waals surface area contributed by atoms with E-state index in [1.807, 2.05) is 0 Å². The predicted molar refractivity (Wildman–Crippen MR) is 88.0 cm³/mol. The van der Waals surface area contributed by atoms with Crippen LogP contribution in [0.4, 0.5) is 0 Å². The van der Waals surface area contributed by atoms with Gasteiger partial charge >= 0.3 is 0 Å². The fraction of sp³-hybridized carbons (Fsp3) is 0.941. The van der Waals surface area contributed by atoms with E-state index in [2.05, 4.69) is 44.8 Å². The molecule has 0 fully saturated rings. The normalized spacial score (nSPS) is 11.7. The van der Waals surface area contributed by atoms with Crippen molar-refractivity contribution in [3.8, 4) is 0 Å². The summed E-state index contributed by atoms with van der Waals surface area (Å²) in [5.41, 5.74) is 0.213. The molecule has 0 rings (SSSR count). The van der Waals surface area contributed by atoms with Crippen LogP contribution in [0.25, 0.3) is 0 Å². The lowest BCUT2D eigenvalue weighted by atomic mass is 10.1. The van der Waals surface area contributed by atoms with E-state index in [0.29, 0.717) is 12.3 Å². The maximum atomic E-state index is 12.0. The van der Waals surface area contributed by atoms with Crippen LogP contribution in [0.1, 0.15) is 79.6 Å². The molecule has 0 aliphatic rings. The van der Waals surface area contributed by atoms with Crippen molar-refractivity contribution in [3.63, 3.8) is 0 Å². The SMILES string of the molecule is CCCCN(CCCCCNC(C)(C)C)C(=O)CCC. The number of nitrogens with zero attached hydrogens (tertiary/aromatic N) is 1. The molecule has 3 heteroatoms. The topological polar surface area (TPSA) is 32.3 Å². The predicted octanol–water partition coefficient (Wildman–Crippen LogP) is 3.97. The Hall–Kier alpha value is -0.570. The van der Waals surface area contributed by atoms with Gasteiger partial charge in [-0.25, -0.2) is 0 Å². The van der Waals surface area contributed by atoms with Crippen LogP contribution in [0.5, 0.6) is 0 Å². The van der Waals surface area contributed by atoms with Crippen molar-refractivity contribution in [3.05, 3.63) is 0 Å². The van der Waals surface area contributed by atoms with Crippen molar-refractivity contribution in [1.82, 2.24) is 10.2 Å². The van der Waals surface area contributed by atoms with Crippen LogP contribution in [0.3, 0.4) is 0 Å². The standard InChI is InChI=1S/C17H36N2O/c1-6-8-14-19(16(20)12-7-2)15-11-9-10-13-18-17(3,4)5/h18H,6-15H2,1-5H3. The monoisotopic (exact) mass is 284 g/mol. The lowest BCUT2D eigenvalue weighted by Gasteiger charge is -2.23. The summed E-state index contributed by atoms with van der Waals surface area (Å²) in [6.07, 6.45) is 7.47. The molecule has 20 heavy (non-hydrogen) atoms. The Bertz CT molecular complexity index is 246. The molecule has 0 heterocycles. The highest BCUT2D eigenvalue weighted by molar-refractivity contribution is 5.76. The maximum absolute atomic E-state index is 12.0. The van der Waals surface area contributed by atoms with E-state index in [1.165, 1.54) is 12.8 Å². The minimum atomic E-state index is 0.213.